The third-order valence-corrected chi connectivity index (χ3v) is 8.33. The van der Waals surface area contributed by atoms with Gasteiger partial charge in [0, 0.05) is 51.6 Å². The summed E-state index contributed by atoms with van der Waals surface area (Å²) in [5, 5.41) is 6.14. The third-order valence-electron chi connectivity index (χ3n) is 6.42. The smallest absolute Gasteiger partial charge is 0.243 e. The SMILES string of the molecule is C[C@@H](CCC(=O)NCCN1CCN(S(=O)(=O)c2ccc(OC3CCNCC3)cc2)CC1)C(N)=O. The van der Waals surface area contributed by atoms with Crippen LogP contribution < -0.4 is 21.1 Å². The van der Waals surface area contributed by atoms with E-state index in [9.17, 15) is 18.0 Å². The maximum Gasteiger partial charge on any atom is 0.243 e. The van der Waals surface area contributed by atoms with Crippen LogP contribution in [0.15, 0.2) is 29.2 Å². The van der Waals surface area contributed by atoms with Crippen LogP contribution in [0.4, 0.5) is 0 Å². The molecule has 0 radical (unpaired) electrons. The highest BCUT2D eigenvalue weighted by molar-refractivity contribution is 7.89. The van der Waals surface area contributed by atoms with Crippen LogP contribution in [-0.4, -0.2) is 87.9 Å². The molecule has 0 bridgehead atoms. The van der Waals surface area contributed by atoms with Gasteiger partial charge in [0.25, 0.3) is 0 Å². The summed E-state index contributed by atoms with van der Waals surface area (Å²) in [4.78, 5) is 25.4. The molecule has 1 aromatic carbocycles. The van der Waals surface area contributed by atoms with Gasteiger partial charge >= 0.3 is 0 Å². The quantitative estimate of drug-likeness (QED) is 0.398. The van der Waals surface area contributed by atoms with Crippen LogP contribution in [0.2, 0.25) is 0 Å². The van der Waals surface area contributed by atoms with Gasteiger partial charge in [0.1, 0.15) is 11.9 Å². The summed E-state index contributed by atoms with van der Waals surface area (Å²) >= 11 is 0. The second-order valence-corrected chi connectivity index (χ2v) is 10.9. The molecular weight excluding hydrogens is 458 g/mol. The lowest BCUT2D eigenvalue weighted by molar-refractivity contribution is -0.123. The molecule has 0 saturated carbocycles. The second kappa shape index (κ2) is 12.5. The van der Waals surface area contributed by atoms with E-state index in [1.165, 1.54) is 4.31 Å². The summed E-state index contributed by atoms with van der Waals surface area (Å²) in [6, 6.07) is 6.70. The van der Waals surface area contributed by atoms with E-state index in [-0.39, 0.29) is 29.2 Å². The van der Waals surface area contributed by atoms with Crippen LogP contribution in [0.25, 0.3) is 0 Å². The van der Waals surface area contributed by atoms with Gasteiger partial charge in [-0.25, -0.2) is 8.42 Å². The maximum absolute atomic E-state index is 13.0. The van der Waals surface area contributed by atoms with E-state index in [2.05, 4.69) is 15.5 Å². The summed E-state index contributed by atoms with van der Waals surface area (Å²) in [5.74, 6) is -0.134. The van der Waals surface area contributed by atoms with Gasteiger partial charge in [-0.2, -0.15) is 4.31 Å². The molecule has 3 rings (SSSR count). The number of sulfonamides is 1. The molecule has 2 heterocycles. The number of primary amides is 1. The lowest BCUT2D eigenvalue weighted by Crippen LogP contribution is -2.50. The van der Waals surface area contributed by atoms with Gasteiger partial charge in [-0.15, -0.1) is 0 Å². The Bertz CT molecular complexity index is 910. The average Bonchev–Trinajstić information content (AvgIpc) is 2.84. The molecule has 2 saturated heterocycles. The predicted octanol–water partition coefficient (Wildman–Crippen LogP) is 0.142. The molecule has 2 aliphatic rings. The molecule has 0 unspecified atom stereocenters. The van der Waals surface area contributed by atoms with Crippen LogP contribution in [0, 0.1) is 5.92 Å². The van der Waals surface area contributed by atoms with Gasteiger partial charge in [0.2, 0.25) is 21.8 Å². The number of amides is 2. The summed E-state index contributed by atoms with van der Waals surface area (Å²) in [7, 11) is -3.56. The van der Waals surface area contributed by atoms with Crippen LogP contribution in [0.3, 0.4) is 0 Å². The van der Waals surface area contributed by atoms with Crippen LogP contribution in [0.5, 0.6) is 5.75 Å². The van der Waals surface area contributed by atoms with Crippen molar-refractivity contribution in [3.05, 3.63) is 24.3 Å². The first kappa shape index (κ1) is 26.4. The van der Waals surface area contributed by atoms with Gasteiger partial charge in [0.15, 0.2) is 0 Å². The molecule has 2 fully saturated rings. The highest BCUT2D eigenvalue weighted by Crippen LogP contribution is 2.22. The molecule has 0 aromatic heterocycles. The predicted molar refractivity (Wildman–Crippen MR) is 129 cm³/mol. The fourth-order valence-electron chi connectivity index (χ4n) is 4.07. The number of benzene rings is 1. The Hall–Kier alpha value is -2.21. The number of hydrogen-bond donors (Lipinski definition) is 3. The number of piperidine rings is 1. The number of nitrogens with two attached hydrogens (primary N) is 1. The Morgan fingerprint density at radius 3 is 2.41 bits per heavy atom. The van der Waals surface area contributed by atoms with Gasteiger partial charge in [-0.3, -0.25) is 14.5 Å². The lowest BCUT2D eigenvalue weighted by atomic mass is 10.1. The van der Waals surface area contributed by atoms with Crippen molar-refractivity contribution in [1.82, 2.24) is 19.8 Å². The van der Waals surface area contributed by atoms with Crippen molar-refractivity contribution in [1.29, 1.82) is 0 Å². The summed E-state index contributed by atoms with van der Waals surface area (Å²) in [5.41, 5.74) is 5.21. The molecule has 0 spiro atoms. The van der Waals surface area contributed by atoms with E-state index in [0.717, 1.165) is 25.9 Å². The van der Waals surface area contributed by atoms with Gasteiger partial charge in [-0.05, 0) is 56.6 Å². The number of piperazine rings is 1. The molecule has 4 N–H and O–H groups in total. The average molecular weight is 496 g/mol. The second-order valence-electron chi connectivity index (χ2n) is 8.98. The van der Waals surface area contributed by atoms with Crippen molar-refractivity contribution in [3.63, 3.8) is 0 Å². The zero-order valence-electron chi connectivity index (χ0n) is 19.9. The molecule has 10 nitrogen and oxygen atoms in total. The van der Waals surface area contributed by atoms with E-state index >= 15 is 0 Å². The van der Waals surface area contributed by atoms with Crippen LogP contribution in [-0.2, 0) is 19.6 Å². The van der Waals surface area contributed by atoms with Crippen molar-refractivity contribution >= 4 is 21.8 Å². The molecular formula is C23H37N5O5S. The summed E-state index contributed by atoms with van der Waals surface area (Å²) in [6.07, 6.45) is 2.76. The molecule has 190 valence electrons. The minimum Gasteiger partial charge on any atom is -0.490 e. The van der Waals surface area contributed by atoms with E-state index < -0.39 is 15.9 Å². The number of hydrogen-bond acceptors (Lipinski definition) is 7. The van der Waals surface area contributed by atoms with Crippen molar-refractivity contribution in [3.8, 4) is 5.75 Å². The number of carbonyl (C=O) groups excluding carboxylic acids is 2. The molecule has 11 heteroatoms. The molecule has 34 heavy (non-hydrogen) atoms. The molecule has 2 amide bonds. The molecule has 1 aromatic rings. The highest BCUT2D eigenvalue weighted by atomic mass is 32.2. The monoisotopic (exact) mass is 495 g/mol. The van der Waals surface area contributed by atoms with E-state index in [1.807, 2.05) is 0 Å². The lowest BCUT2D eigenvalue weighted by Gasteiger charge is -2.34. The fraction of sp³-hybridized carbons (Fsp3) is 0.652. The molecule has 0 aliphatic carbocycles. The largest absolute Gasteiger partial charge is 0.490 e. The Balaban J connectivity index is 1.39. The highest BCUT2D eigenvalue weighted by Gasteiger charge is 2.28. The Labute approximate surface area is 202 Å². The topological polar surface area (TPSA) is 134 Å². The van der Waals surface area contributed by atoms with Crippen molar-refractivity contribution < 1.29 is 22.7 Å². The first-order valence-electron chi connectivity index (χ1n) is 12.0. The van der Waals surface area contributed by atoms with Gasteiger partial charge < -0.3 is 21.1 Å². The first-order valence-corrected chi connectivity index (χ1v) is 13.5. The summed E-state index contributed by atoms with van der Waals surface area (Å²) < 4.78 is 33.6. The van der Waals surface area contributed by atoms with Gasteiger partial charge in [-0.1, -0.05) is 6.92 Å². The minimum absolute atomic E-state index is 0.109. The number of carbonyl (C=O) groups is 2. The number of ether oxygens (including phenoxy) is 1. The third kappa shape index (κ3) is 7.66. The van der Waals surface area contributed by atoms with E-state index in [1.54, 1.807) is 31.2 Å². The van der Waals surface area contributed by atoms with Crippen molar-refractivity contribution in [2.45, 2.75) is 43.6 Å². The fourth-order valence-corrected chi connectivity index (χ4v) is 5.49. The molecule has 2 aliphatic heterocycles. The first-order chi connectivity index (χ1) is 16.3. The van der Waals surface area contributed by atoms with Crippen LogP contribution >= 0.6 is 0 Å². The van der Waals surface area contributed by atoms with Gasteiger partial charge in [0.05, 0.1) is 4.90 Å². The van der Waals surface area contributed by atoms with Crippen LogP contribution in [0.1, 0.15) is 32.6 Å². The minimum atomic E-state index is -3.56. The zero-order valence-corrected chi connectivity index (χ0v) is 20.7. The van der Waals surface area contributed by atoms with Crippen molar-refractivity contribution in [2.24, 2.45) is 11.7 Å². The van der Waals surface area contributed by atoms with E-state index in [4.69, 9.17) is 10.5 Å². The van der Waals surface area contributed by atoms with E-state index in [0.29, 0.717) is 51.4 Å². The zero-order chi connectivity index (χ0) is 24.6. The summed E-state index contributed by atoms with van der Waals surface area (Å²) in [6.45, 7) is 6.72. The Morgan fingerprint density at radius 1 is 1.15 bits per heavy atom. The normalized spacial score (nSPS) is 19.4. The number of nitrogens with zero attached hydrogens (tertiary/aromatic N) is 2. The number of nitrogens with one attached hydrogen (secondary N) is 2. The number of rotatable bonds is 11. The standard InChI is InChI=1S/C23H37N5O5S/c1-18(23(24)30)2-7-22(29)26-12-13-27-14-16-28(17-15-27)34(31,32)21-5-3-19(4-6-21)33-20-8-10-25-11-9-20/h3-6,18,20,25H,2,7-17H2,1H3,(H2,24,30)(H,26,29)/t18-/m0/s1. The maximum atomic E-state index is 13.0. The Kier molecular flexibility index (Phi) is 9.69. The van der Waals surface area contributed by atoms with Crippen molar-refractivity contribution in [2.75, 3.05) is 52.4 Å². The Morgan fingerprint density at radius 2 is 1.79 bits per heavy atom. The molecule has 1 atom stereocenters.